The van der Waals surface area contributed by atoms with Crippen molar-refractivity contribution in [1.82, 2.24) is 10.1 Å². The van der Waals surface area contributed by atoms with Crippen molar-refractivity contribution in [3.05, 3.63) is 41.5 Å². The molecule has 0 bridgehead atoms. The Morgan fingerprint density at radius 3 is 2.95 bits per heavy atom. The summed E-state index contributed by atoms with van der Waals surface area (Å²) in [6.45, 7) is 2.19. The minimum absolute atomic E-state index is 0.254. The Morgan fingerprint density at radius 1 is 1.40 bits per heavy atom. The molecule has 106 valence electrons. The van der Waals surface area contributed by atoms with Crippen molar-refractivity contribution in [2.75, 3.05) is 0 Å². The van der Waals surface area contributed by atoms with Gasteiger partial charge in [0, 0.05) is 11.5 Å². The quantitative estimate of drug-likeness (QED) is 0.877. The molecule has 0 amide bonds. The van der Waals surface area contributed by atoms with Crippen LogP contribution in [0.15, 0.2) is 28.8 Å². The highest BCUT2D eigenvalue weighted by molar-refractivity contribution is 5.35. The number of hydrogen-bond acceptors (Lipinski definition) is 5. The highest BCUT2D eigenvalue weighted by Gasteiger charge is 2.29. The van der Waals surface area contributed by atoms with Crippen LogP contribution < -0.4 is 4.74 Å². The molecule has 5 nitrogen and oxygen atoms in total. The van der Waals surface area contributed by atoms with E-state index in [9.17, 15) is 5.11 Å². The van der Waals surface area contributed by atoms with E-state index in [0.29, 0.717) is 29.8 Å². The number of ether oxygens (including phenoxy) is 1. The average Bonchev–Trinajstić information content (AvgIpc) is 3.24. The van der Waals surface area contributed by atoms with Crippen LogP contribution >= 0.6 is 0 Å². The Morgan fingerprint density at radius 2 is 2.20 bits per heavy atom. The fourth-order valence-corrected chi connectivity index (χ4v) is 2.07. The first-order chi connectivity index (χ1) is 9.78. The highest BCUT2D eigenvalue weighted by Crippen LogP contribution is 2.38. The summed E-state index contributed by atoms with van der Waals surface area (Å²) >= 11 is 0. The zero-order valence-corrected chi connectivity index (χ0v) is 11.5. The van der Waals surface area contributed by atoms with Crippen molar-refractivity contribution in [2.45, 2.75) is 44.8 Å². The zero-order chi connectivity index (χ0) is 13.9. The first-order valence-electron chi connectivity index (χ1n) is 7.00. The summed E-state index contributed by atoms with van der Waals surface area (Å²) in [7, 11) is 0. The van der Waals surface area contributed by atoms with Crippen molar-refractivity contribution < 1.29 is 14.4 Å². The molecular weight excluding hydrogens is 256 g/mol. The summed E-state index contributed by atoms with van der Waals surface area (Å²) in [5, 5.41) is 13.9. The molecule has 1 heterocycles. The molecule has 0 aliphatic heterocycles. The SMILES string of the molecule is CC[C@@H](O)c1ccccc1OCc1noc(C2CC2)n1. The number of rotatable bonds is 6. The Balaban J connectivity index is 1.67. The smallest absolute Gasteiger partial charge is 0.229 e. The van der Waals surface area contributed by atoms with Crippen LogP contribution in [-0.4, -0.2) is 15.2 Å². The molecule has 0 saturated heterocycles. The van der Waals surface area contributed by atoms with Gasteiger partial charge in [0.1, 0.15) is 5.75 Å². The lowest BCUT2D eigenvalue weighted by Crippen LogP contribution is -2.03. The molecule has 1 atom stereocenters. The van der Waals surface area contributed by atoms with Crippen molar-refractivity contribution in [2.24, 2.45) is 0 Å². The van der Waals surface area contributed by atoms with Gasteiger partial charge in [-0.05, 0) is 25.3 Å². The fourth-order valence-electron chi connectivity index (χ4n) is 2.07. The molecule has 5 heteroatoms. The van der Waals surface area contributed by atoms with Crippen molar-refractivity contribution in [1.29, 1.82) is 0 Å². The van der Waals surface area contributed by atoms with Crippen LogP contribution in [-0.2, 0) is 6.61 Å². The van der Waals surface area contributed by atoms with Gasteiger partial charge >= 0.3 is 0 Å². The number of aliphatic hydroxyl groups is 1. The first kappa shape index (κ1) is 13.1. The molecule has 1 N–H and O–H groups in total. The van der Waals surface area contributed by atoms with Crippen LogP contribution in [0.3, 0.4) is 0 Å². The minimum atomic E-state index is -0.515. The predicted molar refractivity (Wildman–Crippen MR) is 72.3 cm³/mol. The first-order valence-corrected chi connectivity index (χ1v) is 7.00. The number of nitrogens with zero attached hydrogens (tertiary/aromatic N) is 2. The van der Waals surface area contributed by atoms with Gasteiger partial charge in [-0.25, -0.2) is 0 Å². The second kappa shape index (κ2) is 5.63. The van der Waals surface area contributed by atoms with E-state index >= 15 is 0 Å². The zero-order valence-electron chi connectivity index (χ0n) is 11.5. The van der Waals surface area contributed by atoms with E-state index in [1.165, 1.54) is 0 Å². The maximum absolute atomic E-state index is 9.96. The molecule has 1 aliphatic rings. The molecule has 0 unspecified atom stereocenters. The number of benzene rings is 1. The maximum atomic E-state index is 9.96. The fraction of sp³-hybridized carbons (Fsp3) is 0.467. The van der Waals surface area contributed by atoms with Crippen LogP contribution in [0.2, 0.25) is 0 Å². The number of aromatic nitrogens is 2. The summed E-state index contributed by atoms with van der Waals surface area (Å²) in [5.74, 6) is 2.38. The molecule has 1 aromatic heterocycles. The minimum Gasteiger partial charge on any atom is -0.485 e. The summed E-state index contributed by atoms with van der Waals surface area (Å²) in [5.41, 5.74) is 0.793. The molecule has 1 fully saturated rings. The van der Waals surface area contributed by atoms with Crippen LogP contribution in [0.25, 0.3) is 0 Å². The molecule has 2 aromatic rings. The second-order valence-electron chi connectivity index (χ2n) is 5.07. The maximum Gasteiger partial charge on any atom is 0.229 e. The Bertz CT molecular complexity index is 578. The number of hydrogen-bond donors (Lipinski definition) is 1. The summed E-state index contributed by atoms with van der Waals surface area (Å²) < 4.78 is 10.9. The van der Waals surface area contributed by atoms with E-state index in [0.717, 1.165) is 18.4 Å². The van der Waals surface area contributed by atoms with Gasteiger partial charge in [0.15, 0.2) is 6.61 Å². The van der Waals surface area contributed by atoms with E-state index in [4.69, 9.17) is 9.26 Å². The largest absolute Gasteiger partial charge is 0.485 e. The molecule has 3 rings (SSSR count). The van der Waals surface area contributed by atoms with E-state index in [1.54, 1.807) is 0 Å². The van der Waals surface area contributed by atoms with Crippen molar-refractivity contribution in [3.63, 3.8) is 0 Å². The van der Waals surface area contributed by atoms with E-state index in [1.807, 2.05) is 31.2 Å². The molecule has 1 aliphatic carbocycles. The van der Waals surface area contributed by atoms with Crippen LogP contribution in [0, 0.1) is 0 Å². The van der Waals surface area contributed by atoms with Gasteiger partial charge in [-0.1, -0.05) is 30.3 Å². The van der Waals surface area contributed by atoms with Crippen LogP contribution in [0.1, 0.15) is 55.5 Å². The van der Waals surface area contributed by atoms with Crippen molar-refractivity contribution in [3.8, 4) is 5.75 Å². The lowest BCUT2D eigenvalue weighted by Gasteiger charge is -2.13. The number of aliphatic hydroxyl groups excluding tert-OH is 1. The summed E-state index contributed by atoms with van der Waals surface area (Å²) in [4.78, 5) is 4.32. The van der Waals surface area contributed by atoms with Gasteiger partial charge in [-0.2, -0.15) is 4.98 Å². The molecular formula is C15H18N2O3. The Hall–Kier alpha value is -1.88. The monoisotopic (exact) mass is 274 g/mol. The normalized spacial score (nSPS) is 16.1. The lowest BCUT2D eigenvalue weighted by molar-refractivity contribution is 0.165. The highest BCUT2D eigenvalue weighted by atomic mass is 16.5. The summed E-state index contributed by atoms with van der Waals surface area (Å²) in [6.07, 6.45) is 2.40. The third-order valence-electron chi connectivity index (χ3n) is 3.43. The number of para-hydroxylation sites is 1. The molecule has 0 radical (unpaired) electrons. The van der Waals surface area contributed by atoms with Crippen molar-refractivity contribution >= 4 is 0 Å². The third-order valence-corrected chi connectivity index (χ3v) is 3.43. The second-order valence-corrected chi connectivity index (χ2v) is 5.07. The molecule has 0 spiro atoms. The molecule has 1 saturated carbocycles. The third kappa shape index (κ3) is 2.82. The van der Waals surface area contributed by atoms with Gasteiger partial charge < -0.3 is 14.4 Å². The van der Waals surface area contributed by atoms with E-state index < -0.39 is 6.10 Å². The van der Waals surface area contributed by atoms with Crippen LogP contribution in [0.5, 0.6) is 5.75 Å². The van der Waals surface area contributed by atoms with Gasteiger partial charge in [0.05, 0.1) is 6.10 Å². The molecule has 20 heavy (non-hydrogen) atoms. The Kier molecular flexibility index (Phi) is 3.69. The van der Waals surface area contributed by atoms with Crippen LogP contribution in [0.4, 0.5) is 0 Å². The average molecular weight is 274 g/mol. The standard InChI is InChI=1S/C15H18N2O3/c1-2-12(18)11-5-3-4-6-13(11)19-9-14-16-15(20-17-14)10-7-8-10/h3-6,10,12,18H,2,7-9H2,1H3/t12-/m1/s1. The van der Waals surface area contributed by atoms with Gasteiger partial charge in [-0.15, -0.1) is 0 Å². The van der Waals surface area contributed by atoms with E-state index in [-0.39, 0.29) is 6.61 Å². The van der Waals surface area contributed by atoms with E-state index in [2.05, 4.69) is 10.1 Å². The topological polar surface area (TPSA) is 68.4 Å². The van der Waals surface area contributed by atoms with Gasteiger partial charge in [0.25, 0.3) is 0 Å². The lowest BCUT2D eigenvalue weighted by atomic mass is 10.1. The Labute approximate surface area is 117 Å². The summed E-state index contributed by atoms with van der Waals surface area (Å²) in [6, 6.07) is 7.49. The van der Waals surface area contributed by atoms with Gasteiger partial charge in [0.2, 0.25) is 11.7 Å². The molecule has 1 aromatic carbocycles. The predicted octanol–water partition coefficient (Wildman–Crippen LogP) is 2.97. The van der Waals surface area contributed by atoms with Gasteiger partial charge in [-0.3, -0.25) is 0 Å².